The molecule has 0 unspecified atom stereocenters. The molecular formula is C16H16N2O3S2. The van der Waals surface area contributed by atoms with E-state index in [1.54, 1.807) is 25.1 Å². The number of hydrogen-bond donors (Lipinski definition) is 1. The number of aryl methyl sites for hydroxylation is 2. The summed E-state index contributed by atoms with van der Waals surface area (Å²) in [6.07, 6.45) is 0. The number of benzene rings is 1. The van der Waals surface area contributed by atoms with E-state index >= 15 is 0 Å². The summed E-state index contributed by atoms with van der Waals surface area (Å²) in [6.45, 7) is 3.90. The van der Waals surface area contributed by atoms with Crippen molar-refractivity contribution in [2.45, 2.75) is 25.3 Å². The summed E-state index contributed by atoms with van der Waals surface area (Å²) < 4.78 is 32.8. The van der Waals surface area contributed by atoms with Crippen LogP contribution in [-0.4, -0.2) is 13.6 Å². The van der Waals surface area contributed by atoms with E-state index in [1.807, 2.05) is 30.5 Å². The van der Waals surface area contributed by atoms with Crippen LogP contribution in [0.3, 0.4) is 0 Å². The Balaban J connectivity index is 1.84. The number of rotatable bonds is 5. The molecule has 1 aromatic carbocycles. The van der Waals surface area contributed by atoms with Crippen LogP contribution in [0, 0.1) is 13.8 Å². The first kappa shape index (κ1) is 15.9. The van der Waals surface area contributed by atoms with E-state index < -0.39 is 10.0 Å². The van der Waals surface area contributed by atoms with E-state index in [2.05, 4.69) is 9.88 Å². The van der Waals surface area contributed by atoms with Gasteiger partial charge in [0.15, 0.2) is 5.76 Å². The van der Waals surface area contributed by atoms with E-state index in [0.717, 1.165) is 16.1 Å². The molecule has 0 radical (unpaired) electrons. The predicted octanol–water partition coefficient (Wildman–Crippen LogP) is 3.50. The van der Waals surface area contributed by atoms with Gasteiger partial charge in [0, 0.05) is 23.1 Å². The minimum atomic E-state index is -3.55. The normalized spacial score (nSPS) is 11.7. The van der Waals surface area contributed by atoms with E-state index in [0.29, 0.717) is 17.9 Å². The standard InChI is InChI=1S/C16H16N2O3S2/c1-11-8-13(15-9-12(2)18-21-15)5-6-16(11)23(19,20)17-10-14-4-3-7-22-14/h3-9,17H,10H2,1-2H3. The van der Waals surface area contributed by atoms with Crippen molar-refractivity contribution in [3.63, 3.8) is 0 Å². The Labute approximate surface area is 139 Å². The molecular weight excluding hydrogens is 332 g/mol. The fraction of sp³-hybridized carbons (Fsp3) is 0.188. The zero-order valence-electron chi connectivity index (χ0n) is 12.7. The van der Waals surface area contributed by atoms with Gasteiger partial charge in [0.25, 0.3) is 0 Å². The topological polar surface area (TPSA) is 72.2 Å². The molecule has 2 heterocycles. The van der Waals surface area contributed by atoms with Gasteiger partial charge in [-0.1, -0.05) is 11.2 Å². The molecule has 0 saturated heterocycles. The monoisotopic (exact) mass is 348 g/mol. The second kappa shape index (κ2) is 6.27. The minimum absolute atomic E-state index is 0.272. The maximum absolute atomic E-state index is 12.5. The van der Waals surface area contributed by atoms with Crippen LogP contribution in [0.5, 0.6) is 0 Å². The molecule has 120 valence electrons. The molecule has 7 heteroatoms. The molecule has 0 saturated carbocycles. The van der Waals surface area contributed by atoms with Crippen LogP contribution in [0.1, 0.15) is 16.1 Å². The molecule has 0 atom stereocenters. The maximum Gasteiger partial charge on any atom is 0.241 e. The van der Waals surface area contributed by atoms with Crippen LogP contribution < -0.4 is 4.72 Å². The third-order valence-corrected chi connectivity index (χ3v) is 5.83. The number of aromatic nitrogens is 1. The Morgan fingerprint density at radius 3 is 2.65 bits per heavy atom. The summed E-state index contributed by atoms with van der Waals surface area (Å²) in [6, 6.07) is 10.7. The van der Waals surface area contributed by atoms with Gasteiger partial charge in [-0.3, -0.25) is 0 Å². The zero-order valence-corrected chi connectivity index (χ0v) is 14.4. The maximum atomic E-state index is 12.5. The average Bonchev–Trinajstić information content (AvgIpc) is 3.16. The first-order chi connectivity index (χ1) is 11.0. The van der Waals surface area contributed by atoms with Crippen molar-refractivity contribution in [1.29, 1.82) is 0 Å². The lowest BCUT2D eigenvalue weighted by molar-refractivity contribution is 0.427. The van der Waals surface area contributed by atoms with Crippen molar-refractivity contribution in [1.82, 2.24) is 9.88 Å². The molecule has 1 N–H and O–H groups in total. The summed E-state index contributed by atoms with van der Waals surface area (Å²) in [5.74, 6) is 0.626. The van der Waals surface area contributed by atoms with Gasteiger partial charge in [0.05, 0.1) is 10.6 Å². The first-order valence-electron chi connectivity index (χ1n) is 7.02. The van der Waals surface area contributed by atoms with Crippen LogP contribution in [0.25, 0.3) is 11.3 Å². The molecule has 0 spiro atoms. The molecule has 3 aromatic rings. The number of nitrogens with zero attached hydrogens (tertiary/aromatic N) is 1. The van der Waals surface area contributed by atoms with Crippen LogP contribution >= 0.6 is 11.3 Å². The highest BCUT2D eigenvalue weighted by atomic mass is 32.2. The van der Waals surface area contributed by atoms with Crippen molar-refractivity contribution in [2.75, 3.05) is 0 Å². The summed E-state index contributed by atoms with van der Waals surface area (Å²) in [4.78, 5) is 1.24. The smallest absolute Gasteiger partial charge is 0.241 e. The zero-order chi connectivity index (χ0) is 16.4. The number of hydrogen-bond acceptors (Lipinski definition) is 5. The fourth-order valence-electron chi connectivity index (χ4n) is 2.26. The number of sulfonamides is 1. The Morgan fingerprint density at radius 2 is 2.04 bits per heavy atom. The summed E-state index contributed by atoms with van der Waals surface area (Å²) in [5.41, 5.74) is 2.25. The molecule has 5 nitrogen and oxygen atoms in total. The molecule has 0 aliphatic heterocycles. The lowest BCUT2D eigenvalue weighted by Crippen LogP contribution is -2.23. The van der Waals surface area contributed by atoms with Crippen LogP contribution in [-0.2, 0) is 16.6 Å². The van der Waals surface area contributed by atoms with Gasteiger partial charge in [0.1, 0.15) is 0 Å². The van der Waals surface area contributed by atoms with Gasteiger partial charge in [0.2, 0.25) is 10.0 Å². The van der Waals surface area contributed by atoms with Gasteiger partial charge in [-0.05, 0) is 49.1 Å². The quantitative estimate of drug-likeness (QED) is 0.766. The highest BCUT2D eigenvalue weighted by Crippen LogP contribution is 2.25. The van der Waals surface area contributed by atoms with Crippen molar-refractivity contribution in [2.24, 2.45) is 0 Å². The molecule has 0 amide bonds. The SMILES string of the molecule is Cc1cc(-c2ccc(S(=O)(=O)NCc3cccs3)c(C)c2)on1. The third-order valence-electron chi connectivity index (χ3n) is 3.39. The number of nitrogens with one attached hydrogen (secondary N) is 1. The van der Waals surface area contributed by atoms with Gasteiger partial charge >= 0.3 is 0 Å². The molecule has 0 aliphatic carbocycles. The largest absolute Gasteiger partial charge is 0.356 e. The van der Waals surface area contributed by atoms with Gasteiger partial charge in [-0.2, -0.15) is 0 Å². The lowest BCUT2D eigenvalue weighted by atomic mass is 10.1. The first-order valence-corrected chi connectivity index (χ1v) is 9.38. The van der Waals surface area contributed by atoms with Crippen molar-refractivity contribution >= 4 is 21.4 Å². The third kappa shape index (κ3) is 3.52. The van der Waals surface area contributed by atoms with E-state index in [1.165, 1.54) is 11.3 Å². The second-order valence-corrected chi connectivity index (χ2v) is 7.98. The van der Waals surface area contributed by atoms with Crippen molar-refractivity contribution < 1.29 is 12.9 Å². The van der Waals surface area contributed by atoms with Crippen molar-refractivity contribution in [3.05, 3.63) is 57.9 Å². The van der Waals surface area contributed by atoms with Gasteiger partial charge < -0.3 is 4.52 Å². The Kier molecular flexibility index (Phi) is 4.34. The van der Waals surface area contributed by atoms with E-state index in [4.69, 9.17) is 4.52 Å². The molecule has 3 rings (SSSR count). The van der Waals surface area contributed by atoms with Gasteiger partial charge in [-0.15, -0.1) is 11.3 Å². The lowest BCUT2D eigenvalue weighted by Gasteiger charge is -2.09. The molecule has 0 aliphatic rings. The fourth-order valence-corrected chi connectivity index (χ4v) is 4.23. The van der Waals surface area contributed by atoms with Crippen LogP contribution in [0.4, 0.5) is 0 Å². The highest BCUT2D eigenvalue weighted by molar-refractivity contribution is 7.89. The van der Waals surface area contributed by atoms with Crippen LogP contribution in [0.2, 0.25) is 0 Å². The minimum Gasteiger partial charge on any atom is -0.356 e. The average molecular weight is 348 g/mol. The number of thiophene rings is 1. The summed E-state index contributed by atoms with van der Waals surface area (Å²) in [5, 5.41) is 5.77. The summed E-state index contributed by atoms with van der Waals surface area (Å²) in [7, 11) is -3.55. The second-order valence-electron chi connectivity index (χ2n) is 5.22. The molecule has 0 bridgehead atoms. The van der Waals surface area contributed by atoms with Crippen molar-refractivity contribution in [3.8, 4) is 11.3 Å². The predicted molar refractivity (Wildman–Crippen MR) is 89.8 cm³/mol. The van der Waals surface area contributed by atoms with E-state index in [-0.39, 0.29) is 4.90 Å². The summed E-state index contributed by atoms with van der Waals surface area (Å²) >= 11 is 1.52. The highest BCUT2D eigenvalue weighted by Gasteiger charge is 2.18. The molecule has 23 heavy (non-hydrogen) atoms. The molecule has 2 aromatic heterocycles. The Bertz CT molecular complexity index is 913. The Morgan fingerprint density at radius 1 is 1.22 bits per heavy atom. The molecule has 0 fully saturated rings. The Hall–Kier alpha value is -1.96. The van der Waals surface area contributed by atoms with Crippen LogP contribution in [0.15, 0.2) is 51.2 Å². The van der Waals surface area contributed by atoms with E-state index in [9.17, 15) is 8.42 Å². The van der Waals surface area contributed by atoms with Gasteiger partial charge in [-0.25, -0.2) is 13.1 Å².